The molecule has 1 aromatic heterocycles. The molecule has 0 aliphatic carbocycles. The van der Waals surface area contributed by atoms with Gasteiger partial charge >= 0.3 is 5.22 Å². The van der Waals surface area contributed by atoms with E-state index in [0.717, 1.165) is 6.42 Å². The van der Waals surface area contributed by atoms with E-state index in [-0.39, 0.29) is 17.6 Å². The smallest absolute Gasteiger partial charge is 0.335 e. The normalized spacial score (nSPS) is 11.4. The summed E-state index contributed by atoms with van der Waals surface area (Å²) in [5, 5.41) is 9.60. The van der Waals surface area contributed by atoms with Crippen molar-refractivity contribution >= 4 is 15.7 Å². The highest BCUT2D eigenvalue weighted by Crippen LogP contribution is 2.16. The minimum absolute atomic E-state index is 0.0180. The highest BCUT2D eigenvalue weighted by atomic mass is 32.2. The molecule has 1 N–H and O–H groups in total. The molecule has 1 aromatic carbocycles. The van der Waals surface area contributed by atoms with Crippen LogP contribution in [-0.4, -0.2) is 31.1 Å². The first-order valence-electron chi connectivity index (χ1n) is 7.97. The average molecular weight is 369 g/mol. The van der Waals surface area contributed by atoms with Crippen LogP contribution in [0.3, 0.4) is 0 Å². The van der Waals surface area contributed by atoms with E-state index in [0.29, 0.717) is 31.4 Å². The Kier molecular flexibility index (Phi) is 6.63. The van der Waals surface area contributed by atoms with Gasteiger partial charge in [-0.05, 0) is 30.5 Å². The van der Waals surface area contributed by atoms with Crippen molar-refractivity contribution in [1.29, 1.82) is 0 Å². The number of carbonyl (C=O) groups excluding carboxylic acids is 1. The number of carbonyl (C=O) groups is 1. The number of sulfone groups is 1. The molecule has 0 saturated heterocycles. The van der Waals surface area contributed by atoms with Gasteiger partial charge in [0.15, 0.2) is 0 Å². The van der Waals surface area contributed by atoms with Crippen LogP contribution in [-0.2, 0) is 26.8 Å². The SMILES string of the molecule is CCCC(=O)NCCCc1nnc(S(=O)(=O)Cc2ccc(F)cc2)o1. The molecule has 0 radical (unpaired) electrons. The Morgan fingerprint density at radius 2 is 1.96 bits per heavy atom. The van der Waals surface area contributed by atoms with Crippen molar-refractivity contribution in [2.24, 2.45) is 0 Å². The molecule has 0 aliphatic rings. The van der Waals surface area contributed by atoms with E-state index in [1.807, 2.05) is 6.92 Å². The number of halogens is 1. The van der Waals surface area contributed by atoms with E-state index in [4.69, 9.17) is 4.42 Å². The van der Waals surface area contributed by atoms with E-state index in [1.165, 1.54) is 24.3 Å². The van der Waals surface area contributed by atoms with Crippen LogP contribution in [0.2, 0.25) is 0 Å². The fourth-order valence-electron chi connectivity index (χ4n) is 2.11. The van der Waals surface area contributed by atoms with Crippen LogP contribution in [0.15, 0.2) is 33.9 Å². The van der Waals surface area contributed by atoms with Crippen LogP contribution in [0.25, 0.3) is 0 Å². The van der Waals surface area contributed by atoms with E-state index in [1.54, 1.807) is 0 Å². The fraction of sp³-hybridized carbons (Fsp3) is 0.438. The van der Waals surface area contributed by atoms with Crippen molar-refractivity contribution in [3.63, 3.8) is 0 Å². The zero-order chi connectivity index (χ0) is 18.3. The van der Waals surface area contributed by atoms with Crippen molar-refractivity contribution in [3.05, 3.63) is 41.5 Å². The number of aryl methyl sites for hydroxylation is 1. The molecule has 1 amide bonds. The molecule has 0 bridgehead atoms. The highest BCUT2D eigenvalue weighted by Gasteiger charge is 2.23. The van der Waals surface area contributed by atoms with Gasteiger partial charge in [0.1, 0.15) is 5.82 Å². The first-order chi connectivity index (χ1) is 11.9. The lowest BCUT2D eigenvalue weighted by Crippen LogP contribution is -2.24. The van der Waals surface area contributed by atoms with Gasteiger partial charge < -0.3 is 9.73 Å². The monoisotopic (exact) mass is 369 g/mol. The lowest BCUT2D eigenvalue weighted by atomic mass is 10.2. The standard InChI is InChI=1S/C16H20FN3O4S/c1-2-4-14(21)18-10-3-5-15-19-20-16(24-15)25(22,23)11-12-6-8-13(17)9-7-12/h6-9H,2-5,10-11H2,1H3,(H,18,21). The summed E-state index contributed by atoms with van der Waals surface area (Å²) in [5.74, 6) is -0.604. The van der Waals surface area contributed by atoms with Crippen LogP contribution >= 0.6 is 0 Å². The third-order valence-electron chi connectivity index (χ3n) is 3.35. The van der Waals surface area contributed by atoms with E-state index in [2.05, 4.69) is 15.5 Å². The van der Waals surface area contributed by atoms with E-state index < -0.39 is 20.9 Å². The lowest BCUT2D eigenvalue weighted by Gasteiger charge is -2.02. The molecule has 0 saturated carbocycles. The molecule has 0 unspecified atom stereocenters. The Morgan fingerprint density at radius 3 is 2.64 bits per heavy atom. The Labute approximate surface area is 145 Å². The van der Waals surface area contributed by atoms with Gasteiger partial charge in [-0.15, -0.1) is 5.10 Å². The van der Waals surface area contributed by atoms with Crippen molar-refractivity contribution in [3.8, 4) is 0 Å². The summed E-state index contributed by atoms with van der Waals surface area (Å²) >= 11 is 0. The molecule has 0 aliphatic heterocycles. The predicted molar refractivity (Wildman–Crippen MR) is 87.8 cm³/mol. The van der Waals surface area contributed by atoms with Gasteiger partial charge in [0.2, 0.25) is 21.6 Å². The Hall–Kier alpha value is -2.29. The lowest BCUT2D eigenvalue weighted by molar-refractivity contribution is -0.121. The van der Waals surface area contributed by atoms with Crippen molar-refractivity contribution < 1.29 is 22.0 Å². The summed E-state index contributed by atoms with van der Waals surface area (Å²) < 4.78 is 42.6. The van der Waals surface area contributed by atoms with Gasteiger partial charge in [0, 0.05) is 19.4 Å². The minimum atomic E-state index is -3.79. The molecule has 136 valence electrons. The Balaban J connectivity index is 1.88. The molecule has 9 heteroatoms. The van der Waals surface area contributed by atoms with E-state index in [9.17, 15) is 17.6 Å². The number of hydrogen-bond donors (Lipinski definition) is 1. The Bertz CT molecular complexity index is 803. The van der Waals surface area contributed by atoms with Crippen molar-refractivity contribution in [1.82, 2.24) is 15.5 Å². The van der Waals surface area contributed by atoms with Crippen LogP contribution in [0, 0.1) is 5.82 Å². The van der Waals surface area contributed by atoms with Gasteiger partial charge in [-0.3, -0.25) is 4.79 Å². The van der Waals surface area contributed by atoms with Crippen LogP contribution in [0.4, 0.5) is 4.39 Å². The summed E-state index contributed by atoms with van der Waals surface area (Å²) in [6.07, 6.45) is 2.19. The molecule has 25 heavy (non-hydrogen) atoms. The highest BCUT2D eigenvalue weighted by molar-refractivity contribution is 7.90. The summed E-state index contributed by atoms with van der Waals surface area (Å²) in [6.45, 7) is 2.38. The maximum Gasteiger partial charge on any atom is 0.335 e. The number of aromatic nitrogens is 2. The van der Waals surface area contributed by atoms with E-state index >= 15 is 0 Å². The topological polar surface area (TPSA) is 102 Å². The molecule has 2 aromatic rings. The largest absolute Gasteiger partial charge is 0.413 e. The molecule has 2 rings (SSSR count). The number of nitrogens with one attached hydrogen (secondary N) is 1. The van der Waals surface area contributed by atoms with Gasteiger partial charge in [0.25, 0.3) is 0 Å². The predicted octanol–water partition coefficient (Wildman–Crippen LogP) is 2.03. The van der Waals surface area contributed by atoms with Gasteiger partial charge in [-0.1, -0.05) is 24.2 Å². The Morgan fingerprint density at radius 1 is 1.24 bits per heavy atom. The van der Waals surface area contributed by atoms with Gasteiger partial charge in [0.05, 0.1) is 5.75 Å². The molecular weight excluding hydrogens is 349 g/mol. The second-order valence-corrected chi connectivity index (χ2v) is 7.42. The maximum absolute atomic E-state index is 12.9. The molecule has 0 fully saturated rings. The second kappa shape index (κ2) is 8.70. The molecule has 0 atom stereocenters. The zero-order valence-corrected chi connectivity index (χ0v) is 14.7. The number of benzene rings is 1. The number of hydrogen-bond acceptors (Lipinski definition) is 6. The molecule has 0 spiro atoms. The number of amides is 1. The molecule has 1 heterocycles. The minimum Gasteiger partial charge on any atom is -0.413 e. The third-order valence-corrected chi connectivity index (χ3v) is 4.76. The first-order valence-corrected chi connectivity index (χ1v) is 9.62. The van der Waals surface area contributed by atoms with Crippen LogP contribution < -0.4 is 5.32 Å². The second-order valence-electron chi connectivity index (χ2n) is 5.55. The molecular formula is C16H20FN3O4S. The summed E-state index contributed by atoms with van der Waals surface area (Å²) in [4.78, 5) is 11.3. The maximum atomic E-state index is 12.9. The fourth-order valence-corrected chi connectivity index (χ4v) is 3.25. The summed E-state index contributed by atoms with van der Waals surface area (Å²) in [5.41, 5.74) is 0.430. The molecule has 7 nitrogen and oxygen atoms in total. The third kappa shape index (κ3) is 5.93. The summed E-state index contributed by atoms with van der Waals surface area (Å²) in [6, 6.07) is 5.17. The van der Waals surface area contributed by atoms with Crippen molar-refractivity contribution in [2.45, 2.75) is 43.6 Å². The zero-order valence-electron chi connectivity index (χ0n) is 13.9. The summed E-state index contributed by atoms with van der Waals surface area (Å²) in [7, 11) is -3.79. The first kappa shape index (κ1) is 19.0. The van der Waals surface area contributed by atoms with Crippen LogP contribution in [0.1, 0.15) is 37.6 Å². The van der Waals surface area contributed by atoms with Gasteiger partial charge in [-0.2, -0.15) is 0 Å². The van der Waals surface area contributed by atoms with Gasteiger partial charge in [-0.25, -0.2) is 12.8 Å². The van der Waals surface area contributed by atoms with Crippen LogP contribution in [0.5, 0.6) is 0 Å². The quantitative estimate of drug-likeness (QED) is 0.679. The number of rotatable bonds is 9. The average Bonchev–Trinajstić information content (AvgIpc) is 3.04. The van der Waals surface area contributed by atoms with Crippen molar-refractivity contribution in [2.75, 3.05) is 6.54 Å². The number of nitrogens with zero attached hydrogens (tertiary/aromatic N) is 2.